The van der Waals surface area contributed by atoms with Crippen molar-refractivity contribution in [2.24, 2.45) is 5.92 Å². The fourth-order valence-electron chi connectivity index (χ4n) is 3.27. The Morgan fingerprint density at radius 3 is 2.86 bits per heavy atom. The summed E-state index contributed by atoms with van der Waals surface area (Å²) in [7, 11) is 1.68. The number of rotatable bonds is 5. The number of nitrogens with one attached hydrogen (secondary N) is 1. The summed E-state index contributed by atoms with van der Waals surface area (Å²) in [6.45, 7) is 3.27. The lowest BCUT2D eigenvalue weighted by Gasteiger charge is -2.23. The van der Waals surface area contributed by atoms with Crippen LogP contribution in [-0.2, 0) is 0 Å². The van der Waals surface area contributed by atoms with Gasteiger partial charge in [-0.1, -0.05) is 31.4 Å². The van der Waals surface area contributed by atoms with Gasteiger partial charge in [-0.05, 0) is 44.4 Å². The van der Waals surface area contributed by atoms with Crippen LogP contribution in [0.4, 0.5) is 0 Å². The van der Waals surface area contributed by atoms with E-state index in [2.05, 4.69) is 24.4 Å². The van der Waals surface area contributed by atoms with E-state index < -0.39 is 0 Å². The van der Waals surface area contributed by atoms with Gasteiger partial charge in [-0.25, -0.2) is 0 Å². The molecule has 2 aromatic rings. The van der Waals surface area contributed by atoms with Gasteiger partial charge in [-0.15, -0.1) is 0 Å². The molecule has 0 radical (unpaired) electrons. The molecule has 3 heteroatoms. The van der Waals surface area contributed by atoms with Gasteiger partial charge < -0.3 is 14.5 Å². The number of hydrogen-bond acceptors (Lipinski definition) is 3. The second kappa shape index (κ2) is 6.52. The van der Waals surface area contributed by atoms with Crippen molar-refractivity contribution < 1.29 is 9.15 Å². The van der Waals surface area contributed by atoms with E-state index in [-0.39, 0.29) is 6.04 Å². The highest BCUT2D eigenvalue weighted by Gasteiger charge is 2.17. The van der Waals surface area contributed by atoms with Crippen LogP contribution in [0.2, 0.25) is 0 Å². The predicted molar refractivity (Wildman–Crippen MR) is 85.8 cm³/mol. The van der Waals surface area contributed by atoms with Gasteiger partial charge in [0, 0.05) is 5.39 Å². The highest BCUT2D eigenvalue weighted by Crippen LogP contribution is 2.31. The van der Waals surface area contributed by atoms with Crippen LogP contribution in [0.25, 0.3) is 11.0 Å². The van der Waals surface area contributed by atoms with Crippen LogP contribution in [0.15, 0.2) is 28.7 Å². The van der Waals surface area contributed by atoms with Crippen molar-refractivity contribution in [3.05, 3.63) is 30.0 Å². The Labute approximate surface area is 126 Å². The molecule has 1 heterocycles. The van der Waals surface area contributed by atoms with Gasteiger partial charge in [-0.3, -0.25) is 0 Å². The zero-order valence-electron chi connectivity index (χ0n) is 13.0. The number of para-hydroxylation sites is 1. The van der Waals surface area contributed by atoms with E-state index in [1.807, 2.05) is 12.1 Å². The molecule has 1 atom stereocenters. The third kappa shape index (κ3) is 3.24. The van der Waals surface area contributed by atoms with E-state index in [4.69, 9.17) is 9.15 Å². The van der Waals surface area contributed by atoms with Crippen molar-refractivity contribution in [2.45, 2.75) is 45.1 Å². The zero-order chi connectivity index (χ0) is 14.7. The van der Waals surface area contributed by atoms with E-state index in [0.717, 1.165) is 34.9 Å². The fourth-order valence-corrected chi connectivity index (χ4v) is 3.27. The molecule has 0 bridgehead atoms. The highest BCUT2D eigenvalue weighted by molar-refractivity contribution is 5.83. The first-order chi connectivity index (χ1) is 10.3. The Hall–Kier alpha value is -1.48. The van der Waals surface area contributed by atoms with Crippen molar-refractivity contribution in [1.82, 2.24) is 5.32 Å². The number of fused-ring (bicyclic) bond motifs is 1. The monoisotopic (exact) mass is 287 g/mol. The standard InChI is InChI=1S/C18H25NO2/c1-13(19-12-14-7-4-3-5-8-14)17-11-15-9-6-10-16(20-2)18(15)21-17/h6,9-11,13-14,19H,3-5,7-8,12H2,1-2H3. The van der Waals surface area contributed by atoms with Crippen molar-refractivity contribution >= 4 is 11.0 Å². The molecule has 0 amide bonds. The van der Waals surface area contributed by atoms with E-state index in [1.165, 1.54) is 32.1 Å². The maximum Gasteiger partial charge on any atom is 0.176 e. The molecule has 0 saturated heterocycles. The maximum atomic E-state index is 6.00. The summed E-state index contributed by atoms with van der Waals surface area (Å²) in [4.78, 5) is 0. The number of hydrogen-bond donors (Lipinski definition) is 1. The molecule has 0 aliphatic heterocycles. The Kier molecular flexibility index (Phi) is 4.49. The first kappa shape index (κ1) is 14.5. The molecule has 1 aromatic carbocycles. The normalized spacial score (nSPS) is 18.0. The first-order valence-electron chi connectivity index (χ1n) is 8.07. The summed E-state index contributed by atoms with van der Waals surface area (Å²) in [6.07, 6.45) is 6.93. The third-order valence-electron chi connectivity index (χ3n) is 4.61. The molecule has 1 aromatic heterocycles. The summed E-state index contributed by atoms with van der Waals surface area (Å²) in [5, 5.41) is 4.74. The van der Waals surface area contributed by atoms with Crippen LogP contribution in [-0.4, -0.2) is 13.7 Å². The molecule has 21 heavy (non-hydrogen) atoms. The average Bonchev–Trinajstić information content (AvgIpc) is 2.97. The second-order valence-corrected chi connectivity index (χ2v) is 6.16. The van der Waals surface area contributed by atoms with Gasteiger partial charge in [-0.2, -0.15) is 0 Å². The lowest BCUT2D eigenvalue weighted by molar-refractivity contribution is 0.322. The minimum absolute atomic E-state index is 0.240. The fraction of sp³-hybridized carbons (Fsp3) is 0.556. The Morgan fingerprint density at radius 1 is 1.29 bits per heavy atom. The zero-order valence-corrected chi connectivity index (χ0v) is 13.0. The summed E-state index contributed by atoms with van der Waals surface area (Å²) in [6, 6.07) is 8.37. The molecular formula is C18H25NO2. The van der Waals surface area contributed by atoms with Gasteiger partial charge in [0.15, 0.2) is 11.3 Å². The third-order valence-corrected chi connectivity index (χ3v) is 4.61. The average molecular weight is 287 g/mol. The number of furan rings is 1. The molecular weight excluding hydrogens is 262 g/mol. The van der Waals surface area contributed by atoms with Crippen LogP contribution in [0.5, 0.6) is 5.75 Å². The van der Waals surface area contributed by atoms with Gasteiger partial charge in [0.1, 0.15) is 5.76 Å². The lowest BCUT2D eigenvalue weighted by Crippen LogP contribution is -2.26. The first-order valence-corrected chi connectivity index (χ1v) is 8.07. The lowest BCUT2D eigenvalue weighted by atomic mass is 9.89. The molecule has 1 unspecified atom stereocenters. The summed E-state index contributed by atoms with van der Waals surface area (Å²) < 4.78 is 11.4. The quantitative estimate of drug-likeness (QED) is 0.867. The maximum absolute atomic E-state index is 6.00. The number of methoxy groups -OCH3 is 1. The molecule has 3 nitrogen and oxygen atoms in total. The Morgan fingerprint density at radius 2 is 2.10 bits per heavy atom. The van der Waals surface area contributed by atoms with E-state index >= 15 is 0 Å². The van der Waals surface area contributed by atoms with Crippen LogP contribution >= 0.6 is 0 Å². The van der Waals surface area contributed by atoms with Crippen LogP contribution in [0.1, 0.15) is 50.8 Å². The SMILES string of the molecule is COc1cccc2cc(C(C)NCC3CCCCC3)oc12. The number of benzene rings is 1. The molecule has 3 rings (SSSR count). The van der Waals surface area contributed by atoms with Gasteiger partial charge in [0.2, 0.25) is 0 Å². The van der Waals surface area contributed by atoms with E-state index in [1.54, 1.807) is 7.11 Å². The molecule has 1 N–H and O–H groups in total. The molecule has 1 aliphatic rings. The molecule has 0 spiro atoms. The molecule has 114 valence electrons. The van der Waals surface area contributed by atoms with E-state index in [0.29, 0.717) is 0 Å². The van der Waals surface area contributed by atoms with Gasteiger partial charge in [0.05, 0.1) is 13.2 Å². The van der Waals surface area contributed by atoms with Gasteiger partial charge in [0.25, 0.3) is 0 Å². The van der Waals surface area contributed by atoms with E-state index in [9.17, 15) is 0 Å². The second-order valence-electron chi connectivity index (χ2n) is 6.16. The van der Waals surface area contributed by atoms with Crippen LogP contribution in [0, 0.1) is 5.92 Å². The minimum Gasteiger partial charge on any atom is -0.493 e. The number of ether oxygens (including phenoxy) is 1. The van der Waals surface area contributed by atoms with Crippen molar-refractivity contribution in [1.29, 1.82) is 0 Å². The Bertz CT molecular complexity index is 584. The topological polar surface area (TPSA) is 34.4 Å². The minimum atomic E-state index is 0.240. The van der Waals surface area contributed by atoms with Crippen molar-refractivity contribution in [2.75, 3.05) is 13.7 Å². The van der Waals surface area contributed by atoms with Crippen LogP contribution < -0.4 is 10.1 Å². The Balaban J connectivity index is 1.67. The molecule has 1 aliphatic carbocycles. The van der Waals surface area contributed by atoms with Crippen LogP contribution in [0.3, 0.4) is 0 Å². The van der Waals surface area contributed by atoms with Gasteiger partial charge >= 0.3 is 0 Å². The van der Waals surface area contributed by atoms with Crippen molar-refractivity contribution in [3.8, 4) is 5.75 Å². The van der Waals surface area contributed by atoms with Crippen molar-refractivity contribution in [3.63, 3.8) is 0 Å². The predicted octanol–water partition coefficient (Wildman–Crippen LogP) is 4.67. The largest absolute Gasteiger partial charge is 0.493 e. The molecule has 1 saturated carbocycles. The summed E-state index contributed by atoms with van der Waals surface area (Å²) >= 11 is 0. The summed E-state index contributed by atoms with van der Waals surface area (Å²) in [5.74, 6) is 2.63. The molecule has 1 fully saturated rings. The highest BCUT2D eigenvalue weighted by atomic mass is 16.5. The summed E-state index contributed by atoms with van der Waals surface area (Å²) in [5.41, 5.74) is 0.848. The smallest absolute Gasteiger partial charge is 0.176 e.